The number of amides is 2. The molecule has 1 saturated heterocycles. The molecule has 1 atom stereocenters. The SMILES string of the molecule is O=C1NC(C(=O)NCc2cc[nH]c2)CS1. The largest absolute Gasteiger partial charge is 0.367 e. The van der Waals surface area contributed by atoms with Gasteiger partial charge in [0.1, 0.15) is 6.04 Å². The molecule has 0 radical (unpaired) electrons. The highest BCUT2D eigenvalue weighted by atomic mass is 32.2. The standard InChI is InChI=1S/C9H11N3O2S/c13-8(7-5-15-9(14)12-7)11-4-6-1-2-10-3-6/h1-3,7,10H,4-5H2,(H,11,13)(H,12,14). The summed E-state index contributed by atoms with van der Waals surface area (Å²) in [4.78, 5) is 25.3. The summed E-state index contributed by atoms with van der Waals surface area (Å²) in [6.45, 7) is 0.485. The summed E-state index contributed by atoms with van der Waals surface area (Å²) < 4.78 is 0. The van der Waals surface area contributed by atoms with Crippen LogP contribution in [0.25, 0.3) is 0 Å². The Balaban J connectivity index is 1.80. The van der Waals surface area contributed by atoms with Crippen LogP contribution in [0.4, 0.5) is 4.79 Å². The molecule has 6 heteroatoms. The van der Waals surface area contributed by atoms with Gasteiger partial charge >= 0.3 is 0 Å². The Morgan fingerprint density at radius 2 is 2.53 bits per heavy atom. The molecule has 1 unspecified atom stereocenters. The van der Waals surface area contributed by atoms with Crippen LogP contribution in [0, 0.1) is 0 Å². The molecule has 0 aromatic carbocycles. The number of hydrogen-bond donors (Lipinski definition) is 3. The third-order valence-electron chi connectivity index (χ3n) is 2.12. The number of hydrogen-bond acceptors (Lipinski definition) is 3. The number of aromatic nitrogens is 1. The Labute approximate surface area is 91.0 Å². The zero-order chi connectivity index (χ0) is 10.7. The first-order chi connectivity index (χ1) is 7.25. The smallest absolute Gasteiger partial charge is 0.279 e. The maximum atomic E-state index is 11.5. The summed E-state index contributed by atoms with van der Waals surface area (Å²) in [6.07, 6.45) is 3.62. The summed E-state index contributed by atoms with van der Waals surface area (Å²) in [5.74, 6) is 0.382. The lowest BCUT2D eigenvalue weighted by molar-refractivity contribution is -0.122. The highest BCUT2D eigenvalue weighted by Crippen LogP contribution is 2.12. The van der Waals surface area contributed by atoms with Crippen molar-refractivity contribution in [3.8, 4) is 0 Å². The first kappa shape index (κ1) is 10.1. The summed E-state index contributed by atoms with van der Waals surface area (Å²) in [6, 6.07) is 1.50. The molecule has 1 aliphatic heterocycles. The molecule has 1 aliphatic rings. The topological polar surface area (TPSA) is 74.0 Å². The molecule has 3 N–H and O–H groups in total. The lowest BCUT2D eigenvalue weighted by Gasteiger charge is -2.09. The van der Waals surface area contributed by atoms with Gasteiger partial charge in [0.05, 0.1) is 0 Å². The molecule has 1 aromatic rings. The highest BCUT2D eigenvalue weighted by Gasteiger charge is 2.27. The van der Waals surface area contributed by atoms with Gasteiger partial charge in [-0.1, -0.05) is 11.8 Å². The van der Waals surface area contributed by atoms with Crippen LogP contribution in [-0.2, 0) is 11.3 Å². The number of carbonyl (C=O) groups excluding carboxylic acids is 2. The van der Waals surface area contributed by atoms with E-state index in [1.165, 1.54) is 0 Å². The van der Waals surface area contributed by atoms with Gasteiger partial charge in [-0.25, -0.2) is 0 Å². The molecule has 0 aliphatic carbocycles. The van der Waals surface area contributed by atoms with Gasteiger partial charge in [-0.15, -0.1) is 0 Å². The van der Waals surface area contributed by atoms with Gasteiger partial charge in [-0.05, 0) is 11.6 Å². The Hall–Kier alpha value is -1.43. The summed E-state index contributed by atoms with van der Waals surface area (Å²) in [5.41, 5.74) is 1.01. The molecule has 80 valence electrons. The normalized spacial score (nSPS) is 20.0. The van der Waals surface area contributed by atoms with E-state index in [4.69, 9.17) is 0 Å². The minimum atomic E-state index is -0.388. The van der Waals surface area contributed by atoms with E-state index in [2.05, 4.69) is 15.6 Å². The third kappa shape index (κ3) is 2.53. The summed E-state index contributed by atoms with van der Waals surface area (Å²) in [5, 5.41) is 5.22. The van der Waals surface area contributed by atoms with Crippen LogP contribution in [0.5, 0.6) is 0 Å². The van der Waals surface area contributed by atoms with Gasteiger partial charge in [0.15, 0.2) is 0 Å². The molecule has 5 nitrogen and oxygen atoms in total. The minimum absolute atomic E-state index is 0.128. The maximum absolute atomic E-state index is 11.5. The number of thioether (sulfide) groups is 1. The monoisotopic (exact) mass is 225 g/mol. The minimum Gasteiger partial charge on any atom is -0.367 e. The first-order valence-corrected chi connectivity index (χ1v) is 5.57. The second kappa shape index (κ2) is 4.39. The highest BCUT2D eigenvalue weighted by molar-refractivity contribution is 8.14. The number of carbonyl (C=O) groups is 2. The average Bonchev–Trinajstić information content (AvgIpc) is 2.84. The predicted octanol–water partition coefficient (Wildman–Crippen LogP) is 0.456. The van der Waals surface area contributed by atoms with E-state index in [0.29, 0.717) is 12.3 Å². The first-order valence-electron chi connectivity index (χ1n) is 4.58. The average molecular weight is 225 g/mol. The number of aromatic amines is 1. The number of nitrogens with one attached hydrogen (secondary N) is 3. The molecule has 0 saturated carbocycles. The van der Waals surface area contributed by atoms with Gasteiger partial charge in [0.25, 0.3) is 5.24 Å². The van der Waals surface area contributed by atoms with Crippen molar-refractivity contribution < 1.29 is 9.59 Å². The van der Waals surface area contributed by atoms with Gasteiger partial charge in [0.2, 0.25) is 5.91 Å². The predicted molar refractivity (Wildman–Crippen MR) is 57.4 cm³/mol. The van der Waals surface area contributed by atoms with Crippen molar-refractivity contribution in [1.29, 1.82) is 0 Å². The van der Waals surface area contributed by atoms with Crippen molar-refractivity contribution in [2.24, 2.45) is 0 Å². The molecule has 0 spiro atoms. The fraction of sp³-hybridized carbons (Fsp3) is 0.333. The Kier molecular flexibility index (Phi) is 2.96. The van der Waals surface area contributed by atoms with E-state index in [9.17, 15) is 9.59 Å². The fourth-order valence-electron chi connectivity index (χ4n) is 1.31. The van der Waals surface area contributed by atoms with Crippen LogP contribution in [-0.4, -0.2) is 27.9 Å². The van der Waals surface area contributed by atoms with Gasteiger partial charge < -0.3 is 15.6 Å². The fourth-order valence-corrected chi connectivity index (χ4v) is 2.08. The van der Waals surface area contributed by atoms with Crippen LogP contribution in [0.2, 0.25) is 0 Å². The lowest BCUT2D eigenvalue weighted by atomic mass is 10.3. The van der Waals surface area contributed by atoms with Crippen LogP contribution < -0.4 is 10.6 Å². The van der Waals surface area contributed by atoms with E-state index < -0.39 is 0 Å². The van der Waals surface area contributed by atoms with E-state index in [1.54, 1.807) is 6.20 Å². The second-order valence-electron chi connectivity index (χ2n) is 3.23. The van der Waals surface area contributed by atoms with Crippen LogP contribution in [0.3, 0.4) is 0 Å². The molecular formula is C9H11N3O2S. The quantitative estimate of drug-likeness (QED) is 0.699. The molecular weight excluding hydrogens is 214 g/mol. The third-order valence-corrected chi connectivity index (χ3v) is 3.00. The zero-order valence-electron chi connectivity index (χ0n) is 7.95. The van der Waals surface area contributed by atoms with E-state index in [-0.39, 0.29) is 17.2 Å². The molecule has 2 amide bonds. The van der Waals surface area contributed by atoms with E-state index in [0.717, 1.165) is 17.3 Å². The number of rotatable bonds is 3. The van der Waals surface area contributed by atoms with E-state index >= 15 is 0 Å². The molecule has 15 heavy (non-hydrogen) atoms. The molecule has 2 heterocycles. The van der Waals surface area contributed by atoms with Crippen LogP contribution in [0.1, 0.15) is 5.56 Å². The Morgan fingerprint density at radius 3 is 3.13 bits per heavy atom. The van der Waals surface area contributed by atoms with Crippen molar-refractivity contribution in [2.75, 3.05) is 5.75 Å². The molecule has 2 rings (SSSR count). The van der Waals surface area contributed by atoms with Crippen LogP contribution >= 0.6 is 11.8 Å². The maximum Gasteiger partial charge on any atom is 0.279 e. The van der Waals surface area contributed by atoms with Gasteiger partial charge in [0, 0.05) is 24.7 Å². The van der Waals surface area contributed by atoms with Crippen molar-refractivity contribution >= 4 is 22.9 Å². The second-order valence-corrected chi connectivity index (χ2v) is 4.23. The molecule has 0 bridgehead atoms. The van der Waals surface area contributed by atoms with Crippen molar-refractivity contribution in [3.63, 3.8) is 0 Å². The Morgan fingerprint density at radius 1 is 1.67 bits per heavy atom. The summed E-state index contributed by atoms with van der Waals surface area (Å²) in [7, 11) is 0. The summed E-state index contributed by atoms with van der Waals surface area (Å²) >= 11 is 1.14. The zero-order valence-corrected chi connectivity index (χ0v) is 8.76. The number of H-pyrrole nitrogens is 1. The van der Waals surface area contributed by atoms with Crippen molar-refractivity contribution in [1.82, 2.24) is 15.6 Å². The van der Waals surface area contributed by atoms with Crippen LogP contribution in [0.15, 0.2) is 18.5 Å². The van der Waals surface area contributed by atoms with Crippen molar-refractivity contribution in [3.05, 3.63) is 24.0 Å². The lowest BCUT2D eigenvalue weighted by Crippen LogP contribution is -2.42. The van der Waals surface area contributed by atoms with Crippen molar-refractivity contribution in [2.45, 2.75) is 12.6 Å². The molecule has 1 fully saturated rings. The Bertz CT molecular complexity index is 363. The van der Waals surface area contributed by atoms with Gasteiger partial charge in [-0.2, -0.15) is 0 Å². The van der Waals surface area contributed by atoms with E-state index in [1.807, 2.05) is 12.3 Å². The molecule has 1 aromatic heterocycles. The van der Waals surface area contributed by atoms with Gasteiger partial charge in [-0.3, -0.25) is 9.59 Å².